The van der Waals surface area contributed by atoms with Gasteiger partial charge in [0.15, 0.2) is 0 Å². The molecule has 1 aliphatic heterocycles. The lowest BCUT2D eigenvalue weighted by Gasteiger charge is -2.19. The van der Waals surface area contributed by atoms with Gasteiger partial charge in [0, 0.05) is 13.1 Å². The van der Waals surface area contributed by atoms with Gasteiger partial charge in [0.2, 0.25) is 0 Å². The van der Waals surface area contributed by atoms with E-state index < -0.39 is 22.9 Å². The van der Waals surface area contributed by atoms with Gasteiger partial charge in [-0.3, -0.25) is 14.5 Å². The molecule has 3 N–H and O–H groups in total. The second-order valence-electron chi connectivity index (χ2n) is 5.42. The zero-order valence-electron chi connectivity index (χ0n) is 13.1. The molecule has 9 nitrogen and oxygen atoms in total. The van der Waals surface area contributed by atoms with E-state index in [9.17, 15) is 24.3 Å². The minimum Gasteiger partial charge on any atom is -0.478 e. The van der Waals surface area contributed by atoms with Gasteiger partial charge in [0.25, 0.3) is 11.8 Å². The molecule has 0 aliphatic carbocycles. The Labute approximate surface area is 145 Å². The summed E-state index contributed by atoms with van der Waals surface area (Å²) in [6, 6.07) is 2.47. The predicted octanol–water partition coefficient (Wildman–Crippen LogP) is 0.688. The van der Waals surface area contributed by atoms with E-state index in [0.717, 1.165) is 4.90 Å². The summed E-state index contributed by atoms with van der Waals surface area (Å²) in [6.07, 6.45) is 0. The first-order valence-electron chi connectivity index (χ1n) is 7.26. The van der Waals surface area contributed by atoms with E-state index in [1.54, 1.807) is 6.66 Å². The van der Waals surface area contributed by atoms with Crippen LogP contribution in [-0.2, 0) is 4.79 Å². The van der Waals surface area contributed by atoms with Gasteiger partial charge in [-0.15, -0.1) is 0 Å². The molecule has 2 aromatic rings. The van der Waals surface area contributed by atoms with Gasteiger partial charge < -0.3 is 20.2 Å². The topological polar surface area (TPSA) is 129 Å². The highest BCUT2D eigenvalue weighted by molar-refractivity contribution is 7.53. The number of nitrogens with zero attached hydrogens (tertiary/aromatic N) is 1. The molecular weight excluding hydrogens is 368 g/mol. The maximum atomic E-state index is 12.3. The van der Waals surface area contributed by atoms with Gasteiger partial charge in [-0.25, -0.2) is 9.59 Å². The molecule has 11 heteroatoms. The minimum atomic E-state index is -1.26. The van der Waals surface area contributed by atoms with E-state index in [1.165, 1.54) is 12.1 Å². The lowest BCUT2D eigenvalue weighted by molar-refractivity contribution is -0.126. The third-order valence-corrected chi connectivity index (χ3v) is 6.32. The van der Waals surface area contributed by atoms with Crippen molar-refractivity contribution < 1.29 is 28.7 Å². The molecule has 0 radical (unpaired) electrons. The Kier molecular flexibility index (Phi) is 4.39. The Morgan fingerprint density at radius 2 is 2.00 bits per heavy atom. The van der Waals surface area contributed by atoms with Crippen LogP contribution in [-0.4, -0.2) is 58.6 Å². The van der Waals surface area contributed by atoms with Crippen molar-refractivity contribution in [1.29, 1.82) is 0 Å². The number of urea groups is 1. The van der Waals surface area contributed by atoms with Crippen LogP contribution in [0.4, 0.5) is 4.79 Å². The molecule has 2 aromatic heterocycles. The number of amides is 4. The van der Waals surface area contributed by atoms with Crippen molar-refractivity contribution in [2.24, 2.45) is 0 Å². The van der Waals surface area contributed by atoms with Crippen LogP contribution in [0.3, 0.4) is 0 Å². The van der Waals surface area contributed by atoms with E-state index >= 15 is 0 Å². The fraction of sp³-hybridized carbons (Fsp3) is 0.286. The standard InChI is InChI=1S/C14H15N3O6P2/c1-25-14(24)12(21)17(13(22)16-14)5-4-15-10(18)8-6-2-3-7(23-6)9(8)11(19)20/h2-3,25H,4-5,24H2,1H3,(H,15,18)(H,16,22)(H,19,20). The second-order valence-corrected chi connectivity index (χ2v) is 8.15. The number of fused-ring (bicyclic) bond motifs is 2. The number of benzene rings is 1. The summed E-state index contributed by atoms with van der Waals surface area (Å²) >= 11 is 0. The molecular formula is C14H15N3O6P2. The smallest absolute Gasteiger partial charge is 0.340 e. The molecule has 1 saturated heterocycles. The van der Waals surface area contributed by atoms with Gasteiger partial charge in [-0.05, 0) is 18.8 Å². The summed E-state index contributed by atoms with van der Waals surface area (Å²) in [7, 11) is 2.51. The maximum Gasteiger partial charge on any atom is 0.340 e. The summed E-state index contributed by atoms with van der Waals surface area (Å²) in [5.41, 5.74) is 0.0494. The Bertz CT molecular complexity index is 881. The number of hydrogen-bond acceptors (Lipinski definition) is 5. The van der Waals surface area contributed by atoms with Gasteiger partial charge >= 0.3 is 12.0 Å². The number of rotatable bonds is 6. The number of aromatic carboxylic acids is 1. The van der Waals surface area contributed by atoms with Gasteiger partial charge in [-0.2, -0.15) is 0 Å². The van der Waals surface area contributed by atoms with Crippen molar-refractivity contribution in [3.63, 3.8) is 0 Å². The molecule has 0 saturated carbocycles. The fourth-order valence-corrected chi connectivity index (χ4v) is 3.49. The fourth-order valence-electron chi connectivity index (χ4n) is 2.63. The first-order valence-corrected chi connectivity index (χ1v) is 9.34. The highest BCUT2D eigenvalue weighted by Gasteiger charge is 2.46. The Balaban J connectivity index is 1.66. The molecule has 3 atom stereocenters. The van der Waals surface area contributed by atoms with Crippen LogP contribution in [0.1, 0.15) is 20.7 Å². The molecule has 1 fully saturated rings. The average molecular weight is 383 g/mol. The second kappa shape index (κ2) is 6.24. The van der Waals surface area contributed by atoms with Crippen LogP contribution >= 0.6 is 17.8 Å². The van der Waals surface area contributed by atoms with Gasteiger partial charge in [0.1, 0.15) is 27.3 Å². The lowest BCUT2D eigenvalue weighted by Crippen LogP contribution is -2.40. The number of carbonyl (C=O) groups is 4. The highest BCUT2D eigenvalue weighted by Crippen LogP contribution is 2.38. The molecule has 3 rings (SSSR count). The van der Waals surface area contributed by atoms with Crippen LogP contribution in [0, 0.1) is 0 Å². The number of furan rings is 2. The average Bonchev–Trinajstić information content (AvgIpc) is 3.23. The van der Waals surface area contributed by atoms with Crippen LogP contribution in [0.2, 0.25) is 0 Å². The number of imide groups is 1. The molecule has 4 amide bonds. The quantitative estimate of drug-likeness (QED) is 0.497. The van der Waals surface area contributed by atoms with E-state index in [1.807, 2.05) is 0 Å². The Morgan fingerprint density at radius 1 is 1.36 bits per heavy atom. The van der Waals surface area contributed by atoms with E-state index in [4.69, 9.17) is 4.42 Å². The Morgan fingerprint density at radius 3 is 2.56 bits per heavy atom. The number of carbonyl (C=O) groups excluding carboxylic acids is 3. The van der Waals surface area contributed by atoms with Crippen molar-refractivity contribution in [1.82, 2.24) is 15.5 Å². The molecule has 0 aromatic carbocycles. The van der Waals surface area contributed by atoms with Crippen molar-refractivity contribution in [3.05, 3.63) is 23.3 Å². The summed E-state index contributed by atoms with van der Waals surface area (Å²) in [5, 5.41) is 13.3. The van der Waals surface area contributed by atoms with E-state index in [-0.39, 0.29) is 49.9 Å². The number of nitrogens with one attached hydrogen (secondary N) is 2. The van der Waals surface area contributed by atoms with E-state index in [2.05, 4.69) is 19.9 Å². The zero-order chi connectivity index (χ0) is 18.4. The predicted molar refractivity (Wildman–Crippen MR) is 93.6 cm³/mol. The molecule has 2 bridgehead atoms. The normalized spacial score (nSPS) is 20.8. The largest absolute Gasteiger partial charge is 0.478 e. The summed E-state index contributed by atoms with van der Waals surface area (Å²) < 4.78 is 5.21. The van der Waals surface area contributed by atoms with Crippen LogP contribution in [0.15, 0.2) is 16.5 Å². The van der Waals surface area contributed by atoms with Gasteiger partial charge in [-0.1, -0.05) is 17.8 Å². The van der Waals surface area contributed by atoms with E-state index in [0.29, 0.717) is 0 Å². The van der Waals surface area contributed by atoms with Gasteiger partial charge in [0.05, 0.1) is 0 Å². The molecule has 0 spiro atoms. The zero-order valence-corrected chi connectivity index (χ0v) is 15.2. The number of hydrogen-bond donors (Lipinski definition) is 3. The minimum absolute atomic E-state index is 0.00566. The first-order chi connectivity index (χ1) is 11.8. The summed E-state index contributed by atoms with van der Waals surface area (Å²) in [4.78, 5) is 48.7. The SMILES string of the molecule is CPC1(P)NC(=O)N(CCNC(=O)c2c(C(=O)O)c3ccc2o3)C1=O. The van der Waals surface area contributed by atoms with Crippen molar-refractivity contribution in [2.45, 2.75) is 5.02 Å². The number of carboxylic acids is 1. The maximum absolute atomic E-state index is 12.3. The summed E-state index contributed by atoms with van der Waals surface area (Å²) in [5.74, 6) is -2.27. The van der Waals surface area contributed by atoms with Crippen LogP contribution < -0.4 is 10.6 Å². The summed E-state index contributed by atoms with van der Waals surface area (Å²) in [6.45, 7) is 1.78. The Hall–Kier alpha value is -2.24. The van der Waals surface area contributed by atoms with Crippen molar-refractivity contribution in [2.75, 3.05) is 19.8 Å². The highest BCUT2D eigenvalue weighted by atomic mass is 31.1. The lowest BCUT2D eigenvalue weighted by atomic mass is 10.1. The van der Waals surface area contributed by atoms with Crippen LogP contribution in [0.25, 0.3) is 11.2 Å². The first kappa shape index (κ1) is 17.6. The third-order valence-electron chi connectivity index (χ3n) is 3.94. The van der Waals surface area contributed by atoms with Crippen molar-refractivity contribution in [3.8, 4) is 0 Å². The number of carboxylic acid groups (broad SMARTS) is 1. The molecule has 25 heavy (non-hydrogen) atoms. The molecule has 1 aliphatic rings. The van der Waals surface area contributed by atoms with Crippen LogP contribution in [0.5, 0.6) is 0 Å². The molecule has 132 valence electrons. The molecule has 3 unspecified atom stereocenters. The van der Waals surface area contributed by atoms with Crippen molar-refractivity contribution >= 4 is 52.8 Å². The molecule has 3 heterocycles. The monoisotopic (exact) mass is 383 g/mol. The third kappa shape index (κ3) is 2.83.